The lowest BCUT2D eigenvalue weighted by Crippen LogP contribution is -2.65. The van der Waals surface area contributed by atoms with Crippen LogP contribution in [0.3, 0.4) is 0 Å². The fraction of sp³-hybridized carbons (Fsp3) is 0.261. The lowest BCUT2D eigenvalue weighted by atomic mass is 9.77. The minimum Gasteiger partial charge on any atom is -0.440 e. The molecule has 0 saturated heterocycles. The van der Waals surface area contributed by atoms with E-state index in [1.165, 1.54) is 17.1 Å². The van der Waals surface area contributed by atoms with Crippen LogP contribution in [0.1, 0.15) is 27.8 Å². The fourth-order valence-corrected chi connectivity index (χ4v) is 6.87. The maximum Gasteiger partial charge on any atom is 0.419 e. The third-order valence-electron chi connectivity index (χ3n) is 9.65. The predicted octanol–water partition coefficient (Wildman–Crippen LogP) is 8.42. The second-order valence-electron chi connectivity index (χ2n) is 13.5. The number of ether oxygens (including phenoxy) is 6. The molecule has 0 radical (unpaired) electrons. The standard InChI is InChI=1S/C46H46N2O7/c49-46(48-27-26-47-34-48)55-45-42(52-30-37-20-10-3-11-21-37)40(33-50-28-35-16-6-1-7-17-35)41(51-29-36-18-8-2-9-19-36)43(53-31-38-22-12-4-13-23-38)44(45)54-32-39-24-14-5-15-25-39/h1-27,34,40-45H,28-33H2/t40-,41-,42-,43+,44-,45-/m1/s1. The van der Waals surface area contributed by atoms with E-state index in [1.807, 2.05) is 152 Å². The van der Waals surface area contributed by atoms with Crippen LogP contribution >= 0.6 is 0 Å². The highest BCUT2D eigenvalue weighted by Crippen LogP contribution is 2.38. The van der Waals surface area contributed by atoms with Gasteiger partial charge in [-0.1, -0.05) is 152 Å². The summed E-state index contributed by atoms with van der Waals surface area (Å²) in [6.45, 7) is 1.67. The number of benzene rings is 5. The van der Waals surface area contributed by atoms with E-state index in [2.05, 4.69) is 4.98 Å². The van der Waals surface area contributed by atoms with Crippen molar-refractivity contribution in [3.63, 3.8) is 0 Å². The Kier molecular flexibility index (Phi) is 13.6. The van der Waals surface area contributed by atoms with Gasteiger partial charge < -0.3 is 28.4 Å². The summed E-state index contributed by atoms with van der Waals surface area (Å²) in [6, 6.07) is 49.9. The first-order chi connectivity index (χ1) is 27.2. The Bertz CT molecular complexity index is 1970. The molecule has 5 aromatic carbocycles. The molecule has 9 nitrogen and oxygen atoms in total. The molecule has 0 aliphatic heterocycles. The summed E-state index contributed by atoms with van der Waals surface area (Å²) in [5.74, 6) is -0.464. The van der Waals surface area contributed by atoms with Crippen LogP contribution in [-0.2, 0) is 61.5 Å². The number of nitrogens with zero attached hydrogens (tertiary/aromatic N) is 2. The van der Waals surface area contributed by atoms with Crippen molar-refractivity contribution in [3.8, 4) is 0 Å². The number of imidazole rings is 1. The molecule has 1 aliphatic rings. The highest BCUT2D eigenvalue weighted by molar-refractivity contribution is 5.70. The SMILES string of the molecule is O=C(O[C@H]1[C@H](OCc2ccccc2)[C@@H](OCc2ccccc2)[C@H](OCc2ccccc2)[C@@H](COCc2ccccc2)[C@H]1OCc1ccccc1)n1ccnc1. The van der Waals surface area contributed by atoms with Crippen LogP contribution in [0.4, 0.5) is 4.79 Å². The topological polar surface area (TPSA) is 90.3 Å². The molecule has 9 heteroatoms. The van der Waals surface area contributed by atoms with E-state index < -0.39 is 42.5 Å². The molecular weight excluding hydrogens is 693 g/mol. The molecule has 6 atom stereocenters. The average molecular weight is 739 g/mol. The molecule has 0 spiro atoms. The zero-order chi connectivity index (χ0) is 37.5. The monoisotopic (exact) mass is 738 g/mol. The summed E-state index contributed by atoms with van der Waals surface area (Å²) in [5.41, 5.74) is 4.95. The van der Waals surface area contributed by atoms with Gasteiger partial charge in [0.05, 0.1) is 45.7 Å². The molecule has 1 saturated carbocycles. The van der Waals surface area contributed by atoms with Crippen LogP contribution in [0.25, 0.3) is 0 Å². The van der Waals surface area contributed by atoms with Crippen molar-refractivity contribution in [3.05, 3.63) is 198 Å². The van der Waals surface area contributed by atoms with Gasteiger partial charge in [0, 0.05) is 18.3 Å². The van der Waals surface area contributed by atoms with Gasteiger partial charge in [0.15, 0.2) is 6.10 Å². The van der Waals surface area contributed by atoms with Crippen LogP contribution < -0.4 is 0 Å². The molecule has 0 N–H and O–H groups in total. The summed E-state index contributed by atoms with van der Waals surface area (Å²) < 4.78 is 41.9. The summed E-state index contributed by atoms with van der Waals surface area (Å²) >= 11 is 0. The number of rotatable bonds is 17. The minimum atomic E-state index is -0.940. The van der Waals surface area contributed by atoms with E-state index in [0.717, 1.165) is 27.8 Å². The van der Waals surface area contributed by atoms with Crippen molar-refractivity contribution in [1.82, 2.24) is 9.55 Å². The highest BCUT2D eigenvalue weighted by atomic mass is 16.6. The van der Waals surface area contributed by atoms with Crippen molar-refractivity contribution in [2.75, 3.05) is 6.61 Å². The zero-order valence-electron chi connectivity index (χ0n) is 30.6. The van der Waals surface area contributed by atoms with Crippen molar-refractivity contribution >= 4 is 6.09 Å². The van der Waals surface area contributed by atoms with Gasteiger partial charge in [-0.3, -0.25) is 0 Å². The number of carbonyl (C=O) groups excluding carboxylic acids is 1. The molecule has 0 bridgehead atoms. The molecule has 1 fully saturated rings. The number of aromatic nitrogens is 2. The first-order valence-electron chi connectivity index (χ1n) is 18.6. The Labute approximate surface area is 322 Å². The lowest BCUT2D eigenvalue weighted by molar-refractivity contribution is -0.264. The molecule has 0 amide bonds. The fourth-order valence-electron chi connectivity index (χ4n) is 6.87. The molecule has 1 aliphatic carbocycles. The van der Waals surface area contributed by atoms with Crippen LogP contribution in [0, 0.1) is 5.92 Å². The van der Waals surface area contributed by atoms with E-state index >= 15 is 0 Å². The summed E-state index contributed by atoms with van der Waals surface area (Å²) in [5, 5.41) is 0. The first kappa shape index (κ1) is 37.9. The van der Waals surface area contributed by atoms with Crippen LogP contribution in [0.15, 0.2) is 170 Å². The van der Waals surface area contributed by atoms with E-state index in [9.17, 15) is 4.79 Å². The quantitative estimate of drug-likeness (QED) is 0.0922. The van der Waals surface area contributed by atoms with Gasteiger partial charge >= 0.3 is 6.09 Å². The van der Waals surface area contributed by atoms with Crippen molar-refractivity contribution in [2.24, 2.45) is 5.92 Å². The second kappa shape index (κ2) is 19.8. The third-order valence-corrected chi connectivity index (χ3v) is 9.65. The second-order valence-corrected chi connectivity index (χ2v) is 13.5. The van der Waals surface area contributed by atoms with E-state index in [0.29, 0.717) is 13.2 Å². The summed E-state index contributed by atoms with van der Waals surface area (Å²) in [4.78, 5) is 18.0. The van der Waals surface area contributed by atoms with Crippen LogP contribution in [0.5, 0.6) is 0 Å². The van der Waals surface area contributed by atoms with Gasteiger partial charge in [0.25, 0.3) is 0 Å². The first-order valence-corrected chi connectivity index (χ1v) is 18.6. The molecule has 0 unspecified atom stereocenters. The molecule has 1 heterocycles. The molecule has 55 heavy (non-hydrogen) atoms. The number of carbonyl (C=O) groups is 1. The maximum atomic E-state index is 13.9. The molecule has 6 aromatic rings. The van der Waals surface area contributed by atoms with Crippen molar-refractivity contribution in [2.45, 2.75) is 63.6 Å². The van der Waals surface area contributed by atoms with Gasteiger partial charge in [0.2, 0.25) is 0 Å². The minimum absolute atomic E-state index is 0.226. The van der Waals surface area contributed by atoms with Crippen molar-refractivity contribution < 1.29 is 33.2 Å². The molecular formula is C46H46N2O7. The van der Waals surface area contributed by atoms with Crippen LogP contribution in [-0.4, -0.2) is 52.8 Å². The van der Waals surface area contributed by atoms with E-state index in [1.54, 1.807) is 6.20 Å². The largest absolute Gasteiger partial charge is 0.440 e. The molecule has 7 rings (SSSR count). The Balaban J connectivity index is 1.30. The van der Waals surface area contributed by atoms with Crippen LogP contribution in [0.2, 0.25) is 0 Å². The van der Waals surface area contributed by atoms with Gasteiger partial charge in [-0.25, -0.2) is 14.3 Å². The summed E-state index contributed by atoms with van der Waals surface area (Å²) in [7, 11) is 0. The Morgan fingerprint density at radius 1 is 0.473 bits per heavy atom. The summed E-state index contributed by atoms with van der Waals surface area (Å²) in [6.07, 6.45) is 0.0860. The Hall–Kier alpha value is -5.42. The average Bonchev–Trinajstić information content (AvgIpc) is 3.79. The Morgan fingerprint density at radius 2 is 0.836 bits per heavy atom. The number of hydrogen-bond donors (Lipinski definition) is 0. The van der Waals surface area contributed by atoms with Gasteiger partial charge in [-0.2, -0.15) is 0 Å². The highest BCUT2D eigenvalue weighted by Gasteiger charge is 2.55. The van der Waals surface area contributed by atoms with Gasteiger partial charge in [-0.05, 0) is 27.8 Å². The maximum absolute atomic E-state index is 13.9. The Morgan fingerprint density at radius 3 is 1.24 bits per heavy atom. The van der Waals surface area contributed by atoms with E-state index in [4.69, 9.17) is 28.4 Å². The van der Waals surface area contributed by atoms with Gasteiger partial charge in [-0.15, -0.1) is 0 Å². The lowest BCUT2D eigenvalue weighted by Gasteiger charge is -2.49. The normalized spacial score (nSPS) is 20.9. The number of hydrogen-bond acceptors (Lipinski definition) is 8. The third kappa shape index (κ3) is 10.6. The predicted molar refractivity (Wildman–Crippen MR) is 208 cm³/mol. The smallest absolute Gasteiger partial charge is 0.419 e. The molecule has 282 valence electrons. The molecule has 1 aromatic heterocycles. The van der Waals surface area contributed by atoms with E-state index in [-0.39, 0.29) is 26.4 Å². The van der Waals surface area contributed by atoms with Crippen molar-refractivity contribution in [1.29, 1.82) is 0 Å². The zero-order valence-corrected chi connectivity index (χ0v) is 30.6. The van der Waals surface area contributed by atoms with Gasteiger partial charge in [0.1, 0.15) is 24.6 Å².